The number of aromatic nitrogens is 5. The van der Waals surface area contributed by atoms with Gasteiger partial charge in [0, 0.05) is 0 Å². The second-order valence-corrected chi connectivity index (χ2v) is 5.75. The van der Waals surface area contributed by atoms with Crippen molar-refractivity contribution in [1.29, 1.82) is 0 Å². The smallest absolute Gasteiger partial charge is 0.280 e. The molecule has 22 heavy (non-hydrogen) atoms. The van der Waals surface area contributed by atoms with Crippen LogP contribution >= 0.6 is 0 Å². The van der Waals surface area contributed by atoms with E-state index >= 15 is 0 Å². The van der Waals surface area contributed by atoms with Crippen molar-refractivity contribution < 1.29 is 19.3 Å². The third kappa shape index (κ3) is 1.88. The summed E-state index contributed by atoms with van der Waals surface area (Å²) in [5.74, 6) is -0.786. The average molecular weight is 309 g/mol. The van der Waals surface area contributed by atoms with Crippen LogP contribution in [0, 0.1) is 0 Å². The summed E-state index contributed by atoms with van der Waals surface area (Å²) in [6.45, 7) is 3.37. The van der Waals surface area contributed by atoms with E-state index in [0.29, 0.717) is 5.65 Å². The maximum Gasteiger partial charge on any atom is 0.280 e. The third-order valence-electron chi connectivity index (χ3n) is 3.81. The van der Waals surface area contributed by atoms with Crippen molar-refractivity contribution in [2.24, 2.45) is 0 Å². The molecule has 2 aliphatic rings. The van der Waals surface area contributed by atoms with Gasteiger partial charge in [-0.3, -0.25) is 4.79 Å². The molecule has 4 heterocycles. The number of nitrogens with zero attached hydrogens (tertiary/aromatic N) is 4. The molecule has 2 fully saturated rings. The maximum absolute atomic E-state index is 11.7. The van der Waals surface area contributed by atoms with E-state index in [9.17, 15) is 9.90 Å². The van der Waals surface area contributed by atoms with Crippen molar-refractivity contribution in [3.8, 4) is 0 Å². The number of aromatic amines is 1. The summed E-state index contributed by atoms with van der Waals surface area (Å²) in [4.78, 5) is 18.2. The Labute approximate surface area is 124 Å². The van der Waals surface area contributed by atoms with Gasteiger partial charge in [-0.15, -0.1) is 5.10 Å². The Morgan fingerprint density at radius 2 is 2.18 bits per heavy atom. The summed E-state index contributed by atoms with van der Waals surface area (Å²) in [6.07, 6.45) is -0.846. The highest BCUT2D eigenvalue weighted by Gasteiger charge is 2.56. The lowest BCUT2D eigenvalue weighted by Crippen LogP contribution is -2.31. The summed E-state index contributed by atoms with van der Waals surface area (Å²) in [5, 5.41) is 17.3. The molecular weight excluding hydrogens is 294 g/mol. The van der Waals surface area contributed by atoms with Gasteiger partial charge in [0.15, 0.2) is 23.2 Å². The van der Waals surface area contributed by atoms with Gasteiger partial charge in [-0.05, 0) is 13.8 Å². The molecule has 10 heteroatoms. The van der Waals surface area contributed by atoms with Gasteiger partial charge in [0.1, 0.15) is 18.3 Å². The number of H-pyrrole nitrogens is 1. The van der Waals surface area contributed by atoms with E-state index in [4.69, 9.17) is 14.2 Å². The van der Waals surface area contributed by atoms with E-state index in [1.54, 1.807) is 13.8 Å². The standard InChI is InChI=1S/C12H15N5O5/c1-12(2)21-7-5(3-18)20-11(8(7)22-12)17-9-6(15-16-17)10(19)14-4-13-9/h4-5,7-8,11,18H,3H2,1-2H3,(H,13,14,19)/t5-,7-,8-,11-/m1/s1. The van der Waals surface area contributed by atoms with Crippen molar-refractivity contribution in [2.75, 3.05) is 6.61 Å². The number of hydrogen-bond acceptors (Lipinski definition) is 8. The molecule has 118 valence electrons. The largest absolute Gasteiger partial charge is 0.394 e. The summed E-state index contributed by atoms with van der Waals surface area (Å²) < 4.78 is 18.8. The van der Waals surface area contributed by atoms with Gasteiger partial charge in [-0.1, -0.05) is 5.21 Å². The zero-order chi connectivity index (χ0) is 15.5. The van der Waals surface area contributed by atoms with Gasteiger partial charge in [-0.2, -0.15) is 4.68 Å². The lowest BCUT2D eigenvalue weighted by Gasteiger charge is -2.23. The average Bonchev–Trinajstić information content (AvgIpc) is 3.10. The van der Waals surface area contributed by atoms with Gasteiger partial charge in [-0.25, -0.2) is 4.98 Å². The monoisotopic (exact) mass is 309 g/mol. The Bertz CT molecular complexity index is 771. The van der Waals surface area contributed by atoms with E-state index in [-0.39, 0.29) is 17.7 Å². The summed E-state index contributed by atoms with van der Waals surface area (Å²) >= 11 is 0. The van der Waals surface area contributed by atoms with Crippen LogP contribution in [0.1, 0.15) is 20.1 Å². The van der Waals surface area contributed by atoms with Gasteiger partial charge >= 0.3 is 0 Å². The van der Waals surface area contributed by atoms with Gasteiger partial charge in [0.2, 0.25) is 0 Å². The summed E-state index contributed by atoms with van der Waals surface area (Å²) in [7, 11) is 0. The Morgan fingerprint density at radius 3 is 2.95 bits per heavy atom. The molecule has 2 N–H and O–H groups in total. The number of aliphatic hydroxyl groups is 1. The molecule has 0 aliphatic carbocycles. The van der Waals surface area contributed by atoms with Crippen LogP contribution in [0.25, 0.3) is 11.2 Å². The van der Waals surface area contributed by atoms with Crippen LogP contribution in [0.5, 0.6) is 0 Å². The minimum absolute atomic E-state index is 0.119. The lowest BCUT2D eigenvalue weighted by atomic mass is 10.1. The molecule has 0 radical (unpaired) electrons. The Balaban J connectivity index is 1.78. The Morgan fingerprint density at radius 1 is 1.41 bits per heavy atom. The zero-order valence-electron chi connectivity index (χ0n) is 12.0. The van der Waals surface area contributed by atoms with Crippen LogP contribution in [-0.2, 0) is 14.2 Å². The topological polar surface area (TPSA) is 124 Å². The molecule has 0 unspecified atom stereocenters. The first-order chi connectivity index (χ1) is 10.5. The molecule has 0 bridgehead atoms. The van der Waals surface area contributed by atoms with Gasteiger partial charge in [0.05, 0.1) is 12.9 Å². The van der Waals surface area contributed by atoms with Crippen LogP contribution in [0.3, 0.4) is 0 Å². The SMILES string of the molecule is CC1(C)O[C@@H]2[C@H](O1)[C@@H](CO)O[C@H]2n1nnc2c(=O)[nH]cnc21. The van der Waals surface area contributed by atoms with Gasteiger partial charge in [0.25, 0.3) is 5.56 Å². The van der Waals surface area contributed by atoms with Crippen molar-refractivity contribution in [3.05, 3.63) is 16.7 Å². The fourth-order valence-electron chi connectivity index (χ4n) is 2.95. The zero-order valence-corrected chi connectivity index (χ0v) is 12.0. The van der Waals surface area contributed by atoms with Crippen molar-refractivity contribution in [3.63, 3.8) is 0 Å². The molecule has 2 aromatic heterocycles. The van der Waals surface area contributed by atoms with Crippen molar-refractivity contribution in [1.82, 2.24) is 25.0 Å². The highest BCUT2D eigenvalue weighted by molar-refractivity contribution is 5.67. The van der Waals surface area contributed by atoms with Crippen LogP contribution in [0.4, 0.5) is 0 Å². The molecular formula is C12H15N5O5. The van der Waals surface area contributed by atoms with Crippen LogP contribution < -0.4 is 5.56 Å². The highest BCUT2D eigenvalue weighted by Crippen LogP contribution is 2.42. The Kier molecular flexibility index (Phi) is 2.85. The highest BCUT2D eigenvalue weighted by atomic mass is 16.8. The first kappa shape index (κ1) is 13.8. The molecule has 2 aromatic rings. The quantitative estimate of drug-likeness (QED) is 0.718. The van der Waals surface area contributed by atoms with Crippen molar-refractivity contribution in [2.45, 2.75) is 44.2 Å². The Hall–Kier alpha value is -1.88. The van der Waals surface area contributed by atoms with Crippen molar-refractivity contribution >= 4 is 11.2 Å². The minimum Gasteiger partial charge on any atom is -0.394 e. The molecule has 0 saturated carbocycles. The maximum atomic E-state index is 11.7. The minimum atomic E-state index is -0.786. The van der Waals surface area contributed by atoms with Crippen LogP contribution in [-0.4, -0.2) is 60.8 Å². The van der Waals surface area contributed by atoms with E-state index in [0.717, 1.165) is 0 Å². The number of ether oxygens (including phenoxy) is 3. The predicted octanol–water partition coefficient (Wildman–Crippen LogP) is -1.08. The second-order valence-electron chi connectivity index (χ2n) is 5.75. The van der Waals surface area contributed by atoms with E-state index in [1.165, 1.54) is 11.0 Å². The van der Waals surface area contributed by atoms with Crippen LogP contribution in [0.2, 0.25) is 0 Å². The number of nitrogens with one attached hydrogen (secondary N) is 1. The number of rotatable bonds is 2. The van der Waals surface area contributed by atoms with Crippen LogP contribution in [0.15, 0.2) is 11.1 Å². The lowest BCUT2D eigenvalue weighted by molar-refractivity contribution is -0.201. The number of hydrogen-bond donors (Lipinski definition) is 2. The third-order valence-corrected chi connectivity index (χ3v) is 3.81. The summed E-state index contributed by atoms with van der Waals surface area (Å²) in [6, 6.07) is 0. The predicted molar refractivity (Wildman–Crippen MR) is 70.8 cm³/mol. The van der Waals surface area contributed by atoms with E-state index in [2.05, 4.69) is 20.3 Å². The molecule has 2 saturated heterocycles. The molecule has 0 amide bonds. The molecule has 0 spiro atoms. The first-order valence-electron chi connectivity index (χ1n) is 6.91. The first-order valence-corrected chi connectivity index (χ1v) is 6.91. The fourth-order valence-corrected chi connectivity index (χ4v) is 2.95. The second kappa shape index (κ2) is 4.56. The number of aliphatic hydroxyl groups excluding tert-OH is 1. The number of fused-ring (bicyclic) bond motifs is 2. The molecule has 10 nitrogen and oxygen atoms in total. The molecule has 4 rings (SSSR count). The van der Waals surface area contributed by atoms with E-state index in [1.807, 2.05) is 0 Å². The summed E-state index contributed by atoms with van der Waals surface area (Å²) in [5.41, 5.74) is 0.0288. The normalized spacial score (nSPS) is 33.4. The molecule has 0 aromatic carbocycles. The van der Waals surface area contributed by atoms with E-state index < -0.39 is 30.3 Å². The molecule has 2 aliphatic heterocycles. The van der Waals surface area contributed by atoms with Gasteiger partial charge < -0.3 is 24.3 Å². The molecule has 4 atom stereocenters. The fraction of sp³-hybridized carbons (Fsp3) is 0.667.